The monoisotopic (exact) mass is 285 g/mol. The van der Waals surface area contributed by atoms with E-state index in [0.717, 1.165) is 6.08 Å². The topological polar surface area (TPSA) is 55.4 Å². The first-order valence-electron chi connectivity index (χ1n) is 5.22. The Morgan fingerprint density at radius 1 is 1.44 bits per heavy atom. The normalized spacial score (nSPS) is 15.5. The second-order valence-corrected chi connectivity index (χ2v) is 4.42. The van der Waals surface area contributed by atoms with Crippen LogP contribution >= 0.6 is 23.2 Å². The third kappa shape index (κ3) is 2.35. The fourth-order valence-electron chi connectivity index (χ4n) is 1.66. The van der Waals surface area contributed by atoms with Crippen LogP contribution in [0, 0.1) is 0 Å². The van der Waals surface area contributed by atoms with Crippen LogP contribution in [-0.2, 0) is 14.3 Å². The fourth-order valence-corrected chi connectivity index (χ4v) is 2.20. The molecule has 0 aliphatic carbocycles. The molecule has 2 rings (SSSR count). The molecule has 0 saturated carbocycles. The van der Waals surface area contributed by atoms with E-state index < -0.39 is 11.9 Å². The number of halogens is 2. The molecule has 1 N–H and O–H groups in total. The summed E-state index contributed by atoms with van der Waals surface area (Å²) in [7, 11) is 0. The molecule has 0 atom stereocenters. The summed E-state index contributed by atoms with van der Waals surface area (Å²) in [5, 5.41) is 3.31. The molecule has 18 heavy (non-hydrogen) atoms. The highest BCUT2D eigenvalue weighted by molar-refractivity contribution is 6.42. The number of rotatable bonds is 2. The van der Waals surface area contributed by atoms with Crippen LogP contribution in [0.1, 0.15) is 12.5 Å². The number of nitrogens with one attached hydrogen (secondary N) is 1. The minimum Gasteiger partial charge on any atom is -0.463 e. The summed E-state index contributed by atoms with van der Waals surface area (Å²) in [6.45, 7) is 1.93. The Labute approximate surface area is 114 Å². The Morgan fingerprint density at radius 2 is 2.17 bits per heavy atom. The molecule has 1 heterocycles. The van der Waals surface area contributed by atoms with Crippen LogP contribution in [0.4, 0.5) is 5.69 Å². The number of carbonyl (C=O) groups is 2. The van der Waals surface area contributed by atoms with Crippen molar-refractivity contribution < 1.29 is 14.3 Å². The van der Waals surface area contributed by atoms with E-state index in [-0.39, 0.29) is 12.2 Å². The van der Waals surface area contributed by atoms with Crippen molar-refractivity contribution in [3.63, 3.8) is 0 Å². The molecule has 4 nitrogen and oxygen atoms in total. The molecule has 1 aliphatic heterocycles. The van der Waals surface area contributed by atoms with E-state index in [1.54, 1.807) is 13.0 Å². The predicted molar refractivity (Wildman–Crippen MR) is 69.7 cm³/mol. The lowest BCUT2D eigenvalue weighted by molar-refractivity contribution is -0.137. The SMILES string of the molecule is CCOC(=O)C=C1C(=O)Nc2c(Cl)cc(Cl)cc21. The van der Waals surface area contributed by atoms with Crippen molar-refractivity contribution in [3.8, 4) is 0 Å². The van der Waals surface area contributed by atoms with Crippen LogP contribution in [0.5, 0.6) is 0 Å². The van der Waals surface area contributed by atoms with Crippen molar-refractivity contribution in [2.24, 2.45) is 0 Å². The molecule has 0 saturated heterocycles. The molecule has 94 valence electrons. The average Bonchev–Trinajstić information content (AvgIpc) is 2.58. The Morgan fingerprint density at radius 3 is 2.83 bits per heavy atom. The number of fused-ring (bicyclic) bond motifs is 1. The summed E-state index contributed by atoms with van der Waals surface area (Å²) in [6, 6.07) is 3.10. The van der Waals surface area contributed by atoms with Gasteiger partial charge in [-0.1, -0.05) is 23.2 Å². The molecule has 0 fully saturated rings. The van der Waals surface area contributed by atoms with Gasteiger partial charge in [0.05, 0.1) is 22.9 Å². The van der Waals surface area contributed by atoms with Gasteiger partial charge in [-0.2, -0.15) is 0 Å². The smallest absolute Gasteiger partial charge is 0.331 e. The van der Waals surface area contributed by atoms with Crippen molar-refractivity contribution in [1.82, 2.24) is 0 Å². The van der Waals surface area contributed by atoms with Crippen molar-refractivity contribution in [3.05, 3.63) is 33.8 Å². The third-order valence-corrected chi connectivity index (χ3v) is 2.89. The van der Waals surface area contributed by atoms with Gasteiger partial charge in [0.15, 0.2) is 0 Å². The molecule has 6 heteroatoms. The van der Waals surface area contributed by atoms with Gasteiger partial charge in [-0.05, 0) is 19.1 Å². The number of esters is 1. The summed E-state index contributed by atoms with van der Waals surface area (Å²) in [6.07, 6.45) is 1.14. The van der Waals surface area contributed by atoms with Gasteiger partial charge < -0.3 is 10.1 Å². The zero-order valence-corrected chi connectivity index (χ0v) is 10.9. The highest BCUT2D eigenvalue weighted by atomic mass is 35.5. The van der Waals surface area contributed by atoms with E-state index in [0.29, 0.717) is 21.3 Å². The van der Waals surface area contributed by atoms with Gasteiger partial charge >= 0.3 is 5.97 Å². The van der Waals surface area contributed by atoms with Crippen molar-refractivity contribution in [1.29, 1.82) is 0 Å². The summed E-state index contributed by atoms with van der Waals surface area (Å²) >= 11 is 11.8. The minimum absolute atomic E-state index is 0.202. The Balaban J connectivity index is 2.48. The van der Waals surface area contributed by atoms with Gasteiger partial charge in [-0.25, -0.2) is 4.79 Å². The van der Waals surface area contributed by atoms with Crippen LogP contribution in [0.25, 0.3) is 5.57 Å². The summed E-state index contributed by atoms with van der Waals surface area (Å²) in [4.78, 5) is 23.1. The molecule has 0 unspecified atom stereocenters. The highest BCUT2D eigenvalue weighted by Gasteiger charge is 2.27. The predicted octanol–water partition coefficient (Wildman–Crippen LogP) is 2.89. The summed E-state index contributed by atoms with van der Waals surface area (Å²) in [5.74, 6) is -0.978. The lowest BCUT2D eigenvalue weighted by atomic mass is 10.1. The van der Waals surface area contributed by atoms with Gasteiger partial charge in [0.2, 0.25) is 0 Å². The molecule has 0 radical (unpaired) electrons. The zero-order valence-electron chi connectivity index (χ0n) is 9.42. The van der Waals surface area contributed by atoms with Gasteiger partial charge in [0, 0.05) is 16.7 Å². The van der Waals surface area contributed by atoms with E-state index in [1.807, 2.05) is 0 Å². The molecule has 1 aromatic carbocycles. The van der Waals surface area contributed by atoms with Gasteiger partial charge in [-0.15, -0.1) is 0 Å². The van der Waals surface area contributed by atoms with E-state index in [9.17, 15) is 9.59 Å². The summed E-state index contributed by atoms with van der Waals surface area (Å²) < 4.78 is 4.77. The van der Waals surface area contributed by atoms with Crippen molar-refractivity contribution in [2.75, 3.05) is 11.9 Å². The number of hydrogen-bond acceptors (Lipinski definition) is 3. The quantitative estimate of drug-likeness (QED) is 0.671. The van der Waals surface area contributed by atoms with Crippen LogP contribution < -0.4 is 5.32 Å². The number of carbonyl (C=O) groups excluding carboxylic acids is 2. The molecule has 0 spiro atoms. The number of hydrogen-bond donors (Lipinski definition) is 1. The van der Waals surface area contributed by atoms with Crippen LogP contribution in [0.3, 0.4) is 0 Å². The third-order valence-electron chi connectivity index (χ3n) is 2.38. The molecular formula is C12H9Cl2NO3. The first-order valence-corrected chi connectivity index (χ1v) is 5.97. The van der Waals surface area contributed by atoms with E-state index >= 15 is 0 Å². The van der Waals surface area contributed by atoms with Crippen LogP contribution in [-0.4, -0.2) is 18.5 Å². The number of benzene rings is 1. The van der Waals surface area contributed by atoms with Gasteiger partial charge in [0.25, 0.3) is 5.91 Å². The fraction of sp³-hybridized carbons (Fsp3) is 0.167. The standard InChI is InChI=1S/C12H9Cl2NO3/c1-2-18-10(16)5-8-7-3-6(13)4-9(14)11(7)15-12(8)17/h3-5H,2H2,1H3,(H,15,17). The summed E-state index contributed by atoms with van der Waals surface area (Å²) in [5.41, 5.74) is 1.17. The van der Waals surface area contributed by atoms with E-state index in [2.05, 4.69) is 5.32 Å². The van der Waals surface area contributed by atoms with E-state index in [4.69, 9.17) is 27.9 Å². The maximum atomic E-state index is 11.7. The largest absolute Gasteiger partial charge is 0.463 e. The molecule has 0 aromatic heterocycles. The Hall–Kier alpha value is -1.52. The van der Waals surface area contributed by atoms with Crippen molar-refractivity contribution >= 4 is 46.3 Å². The Kier molecular flexibility index (Phi) is 3.59. The first-order chi connectivity index (χ1) is 8.52. The molecule has 1 aromatic rings. The Bertz CT molecular complexity index is 567. The molecular weight excluding hydrogens is 277 g/mol. The number of anilines is 1. The van der Waals surface area contributed by atoms with Gasteiger partial charge in [0.1, 0.15) is 0 Å². The zero-order chi connectivity index (χ0) is 13.3. The van der Waals surface area contributed by atoms with Gasteiger partial charge in [-0.3, -0.25) is 4.79 Å². The molecule has 1 amide bonds. The molecule has 1 aliphatic rings. The van der Waals surface area contributed by atoms with Crippen molar-refractivity contribution in [2.45, 2.75) is 6.92 Å². The minimum atomic E-state index is -0.577. The average molecular weight is 286 g/mol. The number of amides is 1. The highest BCUT2D eigenvalue weighted by Crippen LogP contribution is 2.39. The second kappa shape index (κ2) is 5.00. The maximum absolute atomic E-state index is 11.7. The number of ether oxygens (including phenoxy) is 1. The second-order valence-electron chi connectivity index (χ2n) is 3.57. The van der Waals surface area contributed by atoms with Crippen LogP contribution in [0.2, 0.25) is 10.0 Å². The first kappa shape index (κ1) is 12.9. The van der Waals surface area contributed by atoms with Crippen LogP contribution in [0.15, 0.2) is 18.2 Å². The molecule has 0 bridgehead atoms. The maximum Gasteiger partial charge on any atom is 0.331 e. The lowest BCUT2D eigenvalue weighted by Crippen LogP contribution is -2.07. The van der Waals surface area contributed by atoms with E-state index in [1.165, 1.54) is 6.07 Å². The lowest BCUT2D eigenvalue weighted by Gasteiger charge is -2.02.